The molecule has 8 heteroatoms. The molecule has 4 aromatic rings. The molecular weight excluding hydrogens is 525 g/mol. The molecule has 0 saturated heterocycles. The number of aromatic nitrogens is 2. The molecule has 0 bridgehead atoms. The number of aryl methyl sites for hydroxylation is 1. The Morgan fingerprint density at radius 3 is 2.67 bits per heavy atom. The maximum atomic E-state index is 6.09. The molecule has 4 rings (SSSR count). The lowest BCUT2D eigenvalue weighted by molar-refractivity contribution is 0.284. The van der Waals surface area contributed by atoms with Crippen LogP contribution < -0.4 is 14.8 Å². The topological polar surface area (TPSA) is 59.2 Å². The summed E-state index contributed by atoms with van der Waals surface area (Å²) in [5, 5.41) is 4.52. The molecule has 33 heavy (non-hydrogen) atoms. The number of para-hydroxylation sites is 2. The van der Waals surface area contributed by atoms with Crippen molar-refractivity contribution in [2.45, 2.75) is 26.0 Å². The van der Waals surface area contributed by atoms with Crippen LogP contribution in [-0.4, -0.2) is 23.6 Å². The SMILES string of the molecule is COc1cc(CNCCCc2nc3ccccc3[nH]2)c(Br)cc1OCc1ccc(Cl)c(Cl)c1. The highest BCUT2D eigenvalue weighted by atomic mass is 79.9. The number of rotatable bonds is 10. The maximum Gasteiger partial charge on any atom is 0.162 e. The van der Waals surface area contributed by atoms with E-state index in [-0.39, 0.29) is 0 Å². The van der Waals surface area contributed by atoms with Gasteiger partial charge in [-0.05, 0) is 60.5 Å². The van der Waals surface area contributed by atoms with Gasteiger partial charge < -0.3 is 19.8 Å². The first-order valence-electron chi connectivity index (χ1n) is 10.6. The summed E-state index contributed by atoms with van der Waals surface area (Å²) in [6.45, 7) is 1.95. The van der Waals surface area contributed by atoms with Crippen LogP contribution in [0.4, 0.5) is 0 Å². The van der Waals surface area contributed by atoms with E-state index in [1.54, 1.807) is 19.2 Å². The van der Waals surface area contributed by atoms with Crippen LogP contribution in [0, 0.1) is 0 Å². The van der Waals surface area contributed by atoms with Gasteiger partial charge in [-0.3, -0.25) is 0 Å². The molecule has 0 aliphatic heterocycles. The number of hydrogen-bond acceptors (Lipinski definition) is 4. The third-order valence-corrected chi connectivity index (χ3v) is 6.71. The number of benzene rings is 3. The molecule has 0 spiro atoms. The molecule has 0 atom stereocenters. The van der Waals surface area contributed by atoms with Crippen molar-refractivity contribution >= 4 is 50.2 Å². The fourth-order valence-electron chi connectivity index (χ4n) is 3.50. The predicted molar refractivity (Wildman–Crippen MR) is 138 cm³/mol. The number of hydrogen-bond donors (Lipinski definition) is 2. The zero-order valence-electron chi connectivity index (χ0n) is 18.1. The molecule has 2 N–H and O–H groups in total. The van der Waals surface area contributed by atoms with Crippen molar-refractivity contribution < 1.29 is 9.47 Å². The first-order chi connectivity index (χ1) is 16.0. The summed E-state index contributed by atoms with van der Waals surface area (Å²) in [6, 6.07) is 17.5. The summed E-state index contributed by atoms with van der Waals surface area (Å²) >= 11 is 15.7. The third-order valence-electron chi connectivity index (χ3n) is 5.23. The molecule has 0 aliphatic rings. The van der Waals surface area contributed by atoms with Crippen LogP contribution in [0.5, 0.6) is 11.5 Å². The standard InChI is InChI=1S/C25H24BrCl2N3O2/c1-32-23-12-17(14-29-10-4-7-25-30-21-5-2-3-6-22(21)31-25)18(26)13-24(23)33-15-16-8-9-19(27)20(28)11-16/h2-3,5-6,8-9,11-13,29H,4,7,10,14-15H2,1H3,(H,30,31). The lowest BCUT2D eigenvalue weighted by Gasteiger charge is -2.15. The number of methoxy groups -OCH3 is 1. The monoisotopic (exact) mass is 547 g/mol. The second-order valence-corrected chi connectivity index (χ2v) is 9.28. The van der Waals surface area contributed by atoms with Crippen LogP contribution in [-0.2, 0) is 19.6 Å². The van der Waals surface area contributed by atoms with Gasteiger partial charge in [0.25, 0.3) is 0 Å². The van der Waals surface area contributed by atoms with E-state index in [2.05, 4.69) is 31.2 Å². The minimum atomic E-state index is 0.360. The average Bonchev–Trinajstić information content (AvgIpc) is 3.23. The summed E-state index contributed by atoms with van der Waals surface area (Å²) < 4.78 is 12.5. The van der Waals surface area contributed by atoms with Gasteiger partial charge >= 0.3 is 0 Å². The van der Waals surface area contributed by atoms with Crippen LogP contribution in [0.3, 0.4) is 0 Å². The fourth-order valence-corrected chi connectivity index (χ4v) is 4.29. The van der Waals surface area contributed by atoms with Crippen molar-refractivity contribution in [2.75, 3.05) is 13.7 Å². The quantitative estimate of drug-likeness (QED) is 0.211. The molecular formula is C25H24BrCl2N3O2. The zero-order chi connectivity index (χ0) is 23.2. The summed E-state index contributed by atoms with van der Waals surface area (Å²) in [7, 11) is 1.64. The first-order valence-corrected chi connectivity index (χ1v) is 12.2. The normalized spacial score (nSPS) is 11.2. The lowest BCUT2D eigenvalue weighted by atomic mass is 10.2. The second-order valence-electron chi connectivity index (χ2n) is 7.61. The number of fused-ring (bicyclic) bond motifs is 1. The Hall–Kier alpha value is -2.25. The van der Waals surface area contributed by atoms with E-state index >= 15 is 0 Å². The van der Waals surface area contributed by atoms with Crippen LogP contribution in [0.15, 0.2) is 59.1 Å². The van der Waals surface area contributed by atoms with Crippen molar-refractivity contribution in [1.82, 2.24) is 15.3 Å². The Bertz CT molecular complexity index is 1210. The van der Waals surface area contributed by atoms with Gasteiger partial charge in [0.05, 0.1) is 28.2 Å². The minimum Gasteiger partial charge on any atom is -0.493 e. The third kappa shape index (κ3) is 6.21. The fraction of sp³-hybridized carbons (Fsp3) is 0.240. The van der Waals surface area contributed by atoms with Crippen LogP contribution in [0.2, 0.25) is 10.0 Å². The highest BCUT2D eigenvalue weighted by molar-refractivity contribution is 9.10. The van der Waals surface area contributed by atoms with Crippen molar-refractivity contribution in [3.63, 3.8) is 0 Å². The van der Waals surface area contributed by atoms with Gasteiger partial charge in [-0.25, -0.2) is 4.98 Å². The van der Waals surface area contributed by atoms with Crippen LogP contribution in [0.25, 0.3) is 11.0 Å². The van der Waals surface area contributed by atoms with Gasteiger partial charge in [0.15, 0.2) is 11.5 Å². The number of H-pyrrole nitrogens is 1. The Labute approximate surface area is 211 Å². The van der Waals surface area contributed by atoms with E-state index < -0.39 is 0 Å². The van der Waals surface area contributed by atoms with E-state index in [1.165, 1.54) is 0 Å². The molecule has 0 amide bonds. The van der Waals surface area contributed by atoms with Crippen molar-refractivity contribution in [2.24, 2.45) is 0 Å². The van der Waals surface area contributed by atoms with E-state index in [4.69, 9.17) is 32.7 Å². The van der Waals surface area contributed by atoms with E-state index in [0.29, 0.717) is 34.7 Å². The molecule has 0 saturated carbocycles. The zero-order valence-corrected chi connectivity index (χ0v) is 21.2. The highest BCUT2D eigenvalue weighted by Gasteiger charge is 2.11. The summed E-state index contributed by atoms with van der Waals surface area (Å²) in [6.07, 6.45) is 1.88. The van der Waals surface area contributed by atoms with Gasteiger partial charge in [-0.1, -0.05) is 57.3 Å². The number of halogens is 3. The number of imidazole rings is 1. The minimum absolute atomic E-state index is 0.360. The molecule has 1 heterocycles. The summed E-state index contributed by atoms with van der Waals surface area (Å²) in [5.41, 5.74) is 4.12. The van der Waals surface area contributed by atoms with E-state index in [1.807, 2.05) is 42.5 Å². The van der Waals surface area contributed by atoms with Crippen molar-refractivity contribution in [3.8, 4) is 11.5 Å². The largest absolute Gasteiger partial charge is 0.493 e. The van der Waals surface area contributed by atoms with Crippen molar-refractivity contribution in [3.05, 3.63) is 86.1 Å². The number of nitrogens with zero attached hydrogens (tertiary/aromatic N) is 1. The Kier molecular flexibility index (Phi) is 8.15. The molecule has 1 aromatic heterocycles. The summed E-state index contributed by atoms with van der Waals surface area (Å²) in [4.78, 5) is 8.00. The predicted octanol–water partition coefficient (Wildman–Crippen LogP) is 6.94. The van der Waals surface area contributed by atoms with Crippen LogP contribution >= 0.6 is 39.1 Å². The molecule has 172 valence electrons. The van der Waals surface area contributed by atoms with Gasteiger partial charge in [0.1, 0.15) is 12.4 Å². The first kappa shape index (κ1) is 23.9. The Balaban J connectivity index is 1.29. The summed E-state index contributed by atoms with van der Waals surface area (Å²) in [5.74, 6) is 2.35. The number of nitrogens with one attached hydrogen (secondary N) is 2. The number of aromatic amines is 1. The van der Waals surface area contributed by atoms with Crippen molar-refractivity contribution in [1.29, 1.82) is 0 Å². The smallest absolute Gasteiger partial charge is 0.162 e. The molecule has 0 radical (unpaired) electrons. The van der Waals surface area contributed by atoms with Crippen LogP contribution in [0.1, 0.15) is 23.4 Å². The van der Waals surface area contributed by atoms with Gasteiger partial charge in [0.2, 0.25) is 0 Å². The van der Waals surface area contributed by atoms with Gasteiger partial charge in [-0.15, -0.1) is 0 Å². The Morgan fingerprint density at radius 2 is 1.88 bits per heavy atom. The molecule has 3 aromatic carbocycles. The molecule has 0 fully saturated rings. The second kappa shape index (κ2) is 11.3. The maximum absolute atomic E-state index is 6.09. The highest BCUT2D eigenvalue weighted by Crippen LogP contribution is 2.34. The lowest BCUT2D eigenvalue weighted by Crippen LogP contribution is -2.16. The van der Waals surface area contributed by atoms with Gasteiger partial charge in [0, 0.05) is 17.4 Å². The average molecular weight is 549 g/mol. The Morgan fingerprint density at radius 1 is 1.03 bits per heavy atom. The van der Waals surface area contributed by atoms with E-state index in [0.717, 1.165) is 51.8 Å². The molecule has 0 unspecified atom stereocenters. The van der Waals surface area contributed by atoms with Gasteiger partial charge in [-0.2, -0.15) is 0 Å². The molecule has 5 nitrogen and oxygen atoms in total. The number of ether oxygens (including phenoxy) is 2. The molecule has 0 aliphatic carbocycles. The van der Waals surface area contributed by atoms with E-state index in [9.17, 15) is 0 Å².